The van der Waals surface area contributed by atoms with E-state index in [2.05, 4.69) is 34.9 Å². The van der Waals surface area contributed by atoms with Crippen molar-refractivity contribution in [2.45, 2.75) is 256 Å². The molecule has 820 valence electrons. The molecule has 5 unspecified atom stereocenters. The molecule has 0 radical (unpaired) electrons. The third-order valence-electron chi connectivity index (χ3n) is 22.4. The predicted octanol–water partition coefficient (Wildman–Crippen LogP) is 9.41. The van der Waals surface area contributed by atoms with Crippen LogP contribution in [-0.2, 0) is 134 Å². The molecule has 0 aromatic carbocycles. The first kappa shape index (κ1) is 121. The fourth-order valence-corrected chi connectivity index (χ4v) is 25.4. The average molecular weight is 2270 g/mol. The van der Waals surface area contributed by atoms with Crippen LogP contribution < -0.4 is 50.7 Å². The highest BCUT2D eigenvalue weighted by Crippen LogP contribution is 2.61. The maximum Gasteiger partial charge on any atom is 0.475 e. The molecule has 5 fully saturated rings. The van der Waals surface area contributed by atoms with Gasteiger partial charge in [0.2, 0.25) is 0 Å². The molecule has 0 amide bonds. The first-order valence-corrected chi connectivity index (χ1v) is 58.6. The summed E-state index contributed by atoms with van der Waals surface area (Å²) in [5, 5.41) is 9.14. The van der Waals surface area contributed by atoms with Gasteiger partial charge in [-0.25, -0.2) is 57.0 Å². The molecule has 5 aliphatic heterocycles. The number of nitrogen functional groups attached to an aromatic ring is 1. The topological polar surface area (TPSA) is 676 Å². The molecule has 20 atom stereocenters. The maximum atomic E-state index is 16.4. The zero-order chi connectivity index (χ0) is 108. The van der Waals surface area contributed by atoms with E-state index < -0.39 is 295 Å². The molecule has 11 heterocycles. The van der Waals surface area contributed by atoms with E-state index in [1.54, 1.807) is 104 Å². The molecule has 62 heteroatoms. The van der Waals surface area contributed by atoms with E-state index in [9.17, 15) is 76.9 Å². The van der Waals surface area contributed by atoms with E-state index in [0.717, 1.165) is 102 Å². The number of carbonyl (C=O) groups excluding carboxylic acids is 5. The molecular weight excluding hydrogens is 2140 g/mol. The van der Waals surface area contributed by atoms with Crippen LogP contribution in [0, 0.1) is 54.8 Å². The van der Waals surface area contributed by atoms with Gasteiger partial charge in [-0.2, -0.15) is 0 Å². The number of anilines is 1. The number of aliphatic hydroxyl groups excluding tert-OH is 1. The van der Waals surface area contributed by atoms with Gasteiger partial charge in [-0.05, 0) is 27.7 Å². The number of thioether (sulfide) groups is 5. The molecule has 5 aliphatic rings. The number of aliphatic hydroxyl groups is 1. The Morgan fingerprint density at radius 3 is 0.864 bits per heavy atom. The summed E-state index contributed by atoms with van der Waals surface area (Å²) in [6.07, 6.45) is -19.2. The SMILES string of the molecule is Cc1cn([C@H]2C[C@H](OP(=O)(O)OCCSC(=O)C(C)(C)C)[C@@H](COP(=O)(OCCSC(=O)C(C)(C)C)O[C@H]3C[C@H](n4cc(C)c(=O)[nH]c4=O)O[C@@H]3COP(=O)(OCCSC(=O)C(C)(C)C)O[C@H]3C[C@H](n4cc(C)c(=O)[nH]c4=O)O[C@@H]3COP(=O)(OCCSC(=O)C(C)(C)C)O[C@H]3C[C@H](n4cnc5c(N)ncnc54)O[C@@H]3COP(=O)(OCCSC(=O)C(C)(C)C)O[C@H]3C[C@H](n4cc(C)c(=O)[nH]c4=O)O[C@@H]3CO)O2)c(=O)[nH]c1=O. The molecule has 5 saturated heterocycles. The van der Waals surface area contributed by atoms with Crippen LogP contribution in [0.15, 0.2) is 75.8 Å². The lowest BCUT2D eigenvalue weighted by molar-refractivity contribution is -0.118. The second-order valence-electron chi connectivity index (χ2n) is 39.8. The van der Waals surface area contributed by atoms with Gasteiger partial charge in [0, 0.05) is 135 Å². The van der Waals surface area contributed by atoms with Crippen LogP contribution in [0.1, 0.15) is 189 Å². The Hall–Kier alpha value is -6.52. The lowest BCUT2D eigenvalue weighted by Crippen LogP contribution is -2.34. The predicted molar refractivity (Wildman–Crippen MR) is 536 cm³/mol. The minimum Gasteiger partial charge on any atom is -0.394 e. The van der Waals surface area contributed by atoms with Crippen molar-refractivity contribution in [2.24, 2.45) is 27.1 Å². The van der Waals surface area contributed by atoms with E-state index in [0.29, 0.717) is 0 Å². The van der Waals surface area contributed by atoms with Crippen LogP contribution in [0.3, 0.4) is 0 Å². The van der Waals surface area contributed by atoms with Crippen molar-refractivity contribution in [3.8, 4) is 0 Å². The summed E-state index contributed by atoms with van der Waals surface area (Å²) in [7, 11) is -26.7. The van der Waals surface area contributed by atoms with Crippen LogP contribution in [0.4, 0.5) is 5.82 Å². The van der Waals surface area contributed by atoms with Crippen LogP contribution in [0.25, 0.3) is 11.2 Å². The second-order valence-corrected chi connectivity index (χ2v) is 53.0. The molecule has 8 N–H and O–H groups in total. The number of rotatable bonds is 48. The molecule has 0 spiro atoms. The number of fused-ring (bicyclic) bond motifs is 1. The lowest BCUT2D eigenvalue weighted by atomic mass is 9.99. The highest BCUT2D eigenvalue weighted by molar-refractivity contribution is 8.14. The highest BCUT2D eigenvalue weighted by Gasteiger charge is 2.53. The van der Waals surface area contributed by atoms with Gasteiger partial charge >= 0.3 is 61.9 Å². The van der Waals surface area contributed by atoms with E-state index >= 15 is 18.3 Å². The van der Waals surface area contributed by atoms with Crippen LogP contribution >= 0.6 is 97.9 Å². The molecule has 6 aromatic heterocycles. The number of nitrogens with zero attached hydrogens (tertiary/aromatic N) is 8. The van der Waals surface area contributed by atoms with Crippen molar-refractivity contribution in [3.63, 3.8) is 0 Å². The van der Waals surface area contributed by atoms with Gasteiger partial charge in [-0.3, -0.25) is 149 Å². The maximum absolute atomic E-state index is 16.4. The Morgan fingerprint density at radius 2 is 0.605 bits per heavy atom. The minimum absolute atomic E-state index is 0.0181. The molecular formula is C85H126N13O39P5S5. The molecule has 11 rings (SSSR count). The van der Waals surface area contributed by atoms with Crippen molar-refractivity contribution < 1.29 is 144 Å². The summed E-state index contributed by atoms with van der Waals surface area (Å²) in [6.45, 7) is 22.5. The zero-order valence-corrected chi connectivity index (χ0v) is 92.8. The summed E-state index contributed by atoms with van der Waals surface area (Å²) in [5.41, 5.74) is -5.12. The number of nitrogens with one attached hydrogen (secondary N) is 4. The van der Waals surface area contributed by atoms with Crippen LogP contribution in [-0.4, -0.2) is 249 Å². The number of phosphoric ester groups is 5. The number of imidazole rings is 1. The summed E-state index contributed by atoms with van der Waals surface area (Å²) in [6, 6.07) is 0. The summed E-state index contributed by atoms with van der Waals surface area (Å²) < 4.78 is 201. The number of aromatic nitrogens is 12. The van der Waals surface area contributed by atoms with E-state index in [-0.39, 0.29) is 100.0 Å². The first-order valence-electron chi connectivity index (χ1n) is 46.4. The third kappa shape index (κ3) is 33.3. The van der Waals surface area contributed by atoms with Crippen molar-refractivity contribution in [2.75, 3.05) is 101 Å². The number of aryl methyl sites for hydroxylation is 4. The Balaban J connectivity index is 0.950. The van der Waals surface area contributed by atoms with Crippen molar-refractivity contribution in [1.82, 2.24) is 57.7 Å². The number of H-pyrrole nitrogens is 4. The normalized spacial score (nSPS) is 24.8. The largest absolute Gasteiger partial charge is 0.475 e. The van der Waals surface area contributed by atoms with Crippen molar-refractivity contribution in [1.29, 1.82) is 0 Å². The van der Waals surface area contributed by atoms with Crippen LogP contribution in [0.5, 0.6) is 0 Å². The number of carbonyl (C=O) groups is 5. The van der Waals surface area contributed by atoms with E-state index in [4.69, 9.17) is 92.8 Å². The second kappa shape index (κ2) is 50.4. The number of ether oxygens (including phenoxy) is 5. The van der Waals surface area contributed by atoms with Gasteiger partial charge in [0.1, 0.15) is 104 Å². The summed E-state index contributed by atoms with van der Waals surface area (Å²) in [4.78, 5) is 205. The standard InChI is InChI=1S/C85H126N13O39P5S5/c1-46-35-94(77(109)90-68(46)100)60-30-50(55(39-99)128-60)134-139(115,120-21-26-144-73(105)82(8,9)10)125-43-59-54(34-64(132-59)98-45-89-65-66(86)87-44-88-67(65)98)137-142(118,123-24-29-147-76(108)85(17,18)19)127-42-58-53(33-63(131-58)97-38-49(4)71(103)93-80(97)112)136-141(117,122-23-28-146-75(107)84(14,15)16)126-41-57-52(32-62(130-57)96-37-48(3)70(102)92-79(96)111)135-140(116,121-22-27-145-74(106)83(11,12)13)124-40-56-51(31-61(129-56)95-36-47(2)69(101)91-78(95)110)133-138(113,114)119-20-25-143-72(104)81(5,6)7/h35-38,44-45,50-64,99H,20-34,39-43H2,1-19H3,(H,113,114)(H2,86,87,88)(H,90,100,109)(H,91,101,110)(H,92,102,111)(H,93,103,112)/t50-,51-,52-,53-,54-,55+,56+,57+,58+,59+,60+,61+,62+,63+,64+,139?,140?,141?,142?/m0/s1. The summed E-state index contributed by atoms with van der Waals surface area (Å²) >= 11 is 3.95. The number of aromatic amines is 4. The summed E-state index contributed by atoms with van der Waals surface area (Å²) in [5.74, 6) is -1.05. The lowest BCUT2D eigenvalue weighted by Gasteiger charge is -2.29. The zero-order valence-electron chi connectivity index (χ0n) is 84.2. The number of hydrogen-bond donors (Lipinski definition) is 7. The fraction of sp³-hybridized carbons (Fsp3) is 0.694. The number of phosphoric acid groups is 5. The average Bonchev–Trinajstić information content (AvgIpc) is 1.64. The molecule has 0 aliphatic carbocycles. The van der Waals surface area contributed by atoms with Gasteiger partial charge in [-0.1, -0.05) is 163 Å². The fourth-order valence-electron chi connectivity index (χ4n) is 14.4. The van der Waals surface area contributed by atoms with Gasteiger partial charge in [0.15, 0.2) is 37.0 Å². The third-order valence-corrected chi connectivity index (χ3v) is 35.7. The van der Waals surface area contributed by atoms with Gasteiger partial charge in [0.25, 0.3) is 22.2 Å². The highest BCUT2D eigenvalue weighted by atomic mass is 32.2. The smallest absolute Gasteiger partial charge is 0.394 e. The Labute approximate surface area is 863 Å². The quantitative estimate of drug-likeness (QED) is 0.0138. The van der Waals surface area contributed by atoms with Crippen molar-refractivity contribution in [3.05, 3.63) is 143 Å². The Morgan fingerprint density at radius 1 is 0.367 bits per heavy atom. The first-order chi connectivity index (χ1) is 68.4. The molecule has 6 aromatic rings. The Bertz CT molecular complexity index is 6500. The minimum atomic E-state index is -5.52. The molecule has 0 bridgehead atoms. The van der Waals surface area contributed by atoms with Gasteiger partial charge in [0.05, 0.1) is 72.4 Å². The monoisotopic (exact) mass is 2270 g/mol. The number of nitrogens with two attached hydrogens (primary N) is 1. The number of hydrogen-bond acceptors (Lipinski definition) is 47. The van der Waals surface area contributed by atoms with E-state index in [1.807, 2.05) is 0 Å². The van der Waals surface area contributed by atoms with Crippen LogP contribution in [0.2, 0.25) is 0 Å². The molecule has 52 nitrogen and oxygen atoms in total. The molecule has 0 saturated carbocycles. The van der Waals surface area contributed by atoms with E-state index in [1.165, 1.54) is 44.8 Å². The van der Waals surface area contributed by atoms with Crippen molar-refractivity contribution >= 4 is 140 Å². The Kier molecular flexibility index (Phi) is 41.3. The van der Waals surface area contributed by atoms with Gasteiger partial charge < -0.3 is 39.4 Å². The van der Waals surface area contributed by atoms with Gasteiger partial charge in [-0.15, -0.1) is 0 Å². The molecule has 147 heavy (non-hydrogen) atoms.